The molecule has 0 fully saturated rings. The molecule has 1 aliphatic heterocycles. The van der Waals surface area contributed by atoms with Gasteiger partial charge in [0.25, 0.3) is 0 Å². The normalized spacial score (nSPS) is 11.8. The molecule has 1 aliphatic rings. The van der Waals surface area contributed by atoms with Crippen LogP contribution >= 0.6 is 11.5 Å². The number of methoxy groups -OCH3 is 2. The maximum atomic E-state index is 6.06. The Kier molecular flexibility index (Phi) is 5.11. The molecule has 8 heteroatoms. The summed E-state index contributed by atoms with van der Waals surface area (Å²) in [5, 5.41) is 0. The number of ether oxygens (including phenoxy) is 4. The number of aromatic nitrogens is 1. The van der Waals surface area contributed by atoms with E-state index in [9.17, 15) is 0 Å². The molecular formula is C18H17ClN2O4S. The highest BCUT2D eigenvalue weighted by Crippen LogP contribution is 2.46. The zero-order valence-corrected chi connectivity index (χ0v) is 15.7. The Morgan fingerprint density at radius 2 is 1.85 bits per heavy atom. The van der Waals surface area contributed by atoms with Crippen LogP contribution in [0.1, 0.15) is 0 Å². The van der Waals surface area contributed by atoms with Gasteiger partial charge in [-0.25, -0.2) is 0 Å². The van der Waals surface area contributed by atoms with Crippen LogP contribution in [0.5, 0.6) is 23.0 Å². The standard InChI is InChI=1S/C18H16N2O4S.ClH/c1-21-14-4-3-10(5-13(14)19)12-8-20-25-18(12)11-6-15(22-2)17-16(7-11)23-9-24-17;/h3-8H,9,19H2,1-2H3;1H. The quantitative estimate of drug-likeness (QED) is 0.643. The molecule has 0 radical (unpaired) electrons. The van der Waals surface area contributed by atoms with Gasteiger partial charge in [0, 0.05) is 5.56 Å². The van der Waals surface area contributed by atoms with E-state index in [0.29, 0.717) is 28.7 Å². The summed E-state index contributed by atoms with van der Waals surface area (Å²) in [4.78, 5) is 1.06. The van der Waals surface area contributed by atoms with E-state index in [4.69, 9.17) is 24.7 Å². The van der Waals surface area contributed by atoms with Crippen LogP contribution in [0.2, 0.25) is 0 Å². The molecule has 0 bridgehead atoms. The fraction of sp³-hybridized carbons (Fsp3) is 0.167. The molecule has 26 heavy (non-hydrogen) atoms. The van der Waals surface area contributed by atoms with Crippen molar-refractivity contribution in [2.24, 2.45) is 0 Å². The SMILES string of the molecule is COc1ccc(-c2c[nH+]sc2-c2cc(OC)c3c(c2)OCO3)cc1N.[Cl-]. The van der Waals surface area contributed by atoms with E-state index in [-0.39, 0.29) is 19.2 Å². The molecule has 1 aromatic heterocycles. The third-order valence-electron chi connectivity index (χ3n) is 4.07. The summed E-state index contributed by atoms with van der Waals surface area (Å²) in [5.41, 5.74) is 9.68. The number of H-pyrrole nitrogens is 1. The molecule has 4 rings (SSSR count). The average molecular weight is 393 g/mol. The van der Waals surface area contributed by atoms with Gasteiger partial charge in [0.15, 0.2) is 17.7 Å². The van der Waals surface area contributed by atoms with E-state index in [1.165, 1.54) is 11.5 Å². The van der Waals surface area contributed by atoms with Crippen molar-refractivity contribution in [3.63, 3.8) is 0 Å². The smallest absolute Gasteiger partial charge is 0.231 e. The van der Waals surface area contributed by atoms with Gasteiger partial charge in [-0.1, -0.05) is 6.07 Å². The van der Waals surface area contributed by atoms with Crippen molar-refractivity contribution in [1.82, 2.24) is 0 Å². The first-order chi connectivity index (χ1) is 12.2. The maximum absolute atomic E-state index is 6.06. The molecule has 6 nitrogen and oxygen atoms in total. The zero-order chi connectivity index (χ0) is 17.4. The first-order valence-electron chi connectivity index (χ1n) is 7.63. The zero-order valence-electron chi connectivity index (χ0n) is 14.2. The molecule has 2 aromatic carbocycles. The molecule has 2 heterocycles. The monoisotopic (exact) mass is 392 g/mol. The van der Waals surface area contributed by atoms with Crippen LogP contribution in [0.4, 0.5) is 5.69 Å². The Balaban J connectivity index is 0.00000196. The number of halogens is 1. The first-order valence-corrected chi connectivity index (χ1v) is 8.44. The highest BCUT2D eigenvalue weighted by Gasteiger charge is 2.24. The summed E-state index contributed by atoms with van der Waals surface area (Å²) in [5.74, 6) is 2.64. The number of nitrogens with two attached hydrogens (primary N) is 1. The number of nitrogens with one attached hydrogen (secondary N) is 1. The van der Waals surface area contributed by atoms with Crippen LogP contribution in [0, 0.1) is 0 Å². The van der Waals surface area contributed by atoms with E-state index in [0.717, 1.165) is 21.6 Å². The summed E-state index contributed by atoms with van der Waals surface area (Å²) in [6, 6.07) is 9.66. The van der Waals surface area contributed by atoms with Gasteiger partial charge in [0.2, 0.25) is 12.5 Å². The minimum atomic E-state index is 0. The van der Waals surface area contributed by atoms with Crippen LogP contribution < -0.4 is 41.5 Å². The fourth-order valence-corrected chi connectivity index (χ4v) is 3.68. The number of aromatic amines is 1. The highest BCUT2D eigenvalue weighted by molar-refractivity contribution is 7.06. The van der Waals surface area contributed by atoms with Crippen molar-refractivity contribution in [2.75, 3.05) is 26.7 Å². The highest BCUT2D eigenvalue weighted by atomic mass is 35.5. The summed E-state index contributed by atoms with van der Waals surface area (Å²) in [6.07, 6.45) is 1.96. The van der Waals surface area contributed by atoms with Crippen molar-refractivity contribution in [1.29, 1.82) is 0 Å². The Bertz CT molecular complexity index is 945. The van der Waals surface area contributed by atoms with Gasteiger partial charge < -0.3 is 37.1 Å². The Morgan fingerprint density at radius 3 is 2.58 bits per heavy atom. The minimum absolute atomic E-state index is 0. The molecule has 136 valence electrons. The van der Waals surface area contributed by atoms with Crippen LogP contribution in [0.25, 0.3) is 21.6 Å². The molecule has 0 atom stereocenters. The molecule has 3 N–H and O–H groups in total. The fourth-order valence-electron chi connectivity index (χ4n) is 2.86. The molecule has 0 amide bonds. The van der Waals surface area contributed by atoms with E-state index >= 15 is 0 Å². The van der Waals surface area contributed by atoms with Crippen molar-refractivity contribution in [2.45, 2.75) is 0 Å². The van der Waals surface area contributed by atoms with Crippen LogP contribution in [0.3, 0.4) is 0 Å². The number of nitrogen functional groups attached to an aromatic ring is 1. The van der Waals surface area contributed by atoms with E-state index < -0.39 is 0 Å². The van der Waals surface area contributed by atoms with Gasteiger partial charge in [-0.2, -0.15) is 4.37 Å². The predicted molar refractivity (Wildman–Crippen MR) is 95.4 cm³/mol. The largest absolute Gasteiger partial charge is 1.00 e. The number of benzene rings is 2. The van der Waals surface area contributed by atoms with Gasteiger partial charge in [-0.05, 0) is 29.8 Å². The van der Waals surface area contributed by atoms with Crippen LogP contribution in [-0.4, -0.2) is 21.0 Å². The molecule has 0 saturated heterocycles. The molecule has 0 aliphatic carbocycles. The summed E-state index contributed by atoms with van der Waals surface area (Å²) >= 11 is 1.53. The topological polar surface area (TPSA) is 77.1 Å². The van der Waals surface area contributed by atoms with Gasteiger partial charge in [-0.3, -0.25) is 0 Å². The Hall–Kier alpha value is -2.64. The van der Waals surface area contributed by atoms with Gasteiger partial charge in [0.1, 0.15) is 22.2 Å². The molecule has 0 spiro atoms. The van der Waals surface area contributed by atoms with Crippen molar-refractivity contribution in [3.05, 3.63) is 36.5 Å². The molecule has 0 unspecified atom stereocenters. The van der Waals surface area contributed by atoms with Crippen molar-refractivity contribution in [3.8, 4) is 44.6 Å². The van der Waals surface area contributed by atoms with E-state index in [2.05, 4.69) is 4.37 Å². The maximum Gasteiger partial charge on any atom is 0.231 e. The summed E-state index contributed by atoms with van der Waals surface area (Å²) in [6.45, 7) is 0.202. The summed E-state index contributed by atoms with van der Waals surface area (Å²) in [7, 11) is 3.22. The Labute approximate surface area is 161 Å². The first kappa shape index (κ1) is 18.2. The van der Waals surface area contributed by atoms with E-state index in [1.807, 2.05) is 36.5 Å². The van der Waals surface area contributed by atoms with Crippen molar-refractivity contribution >= 4 is 17.2 Å². The van der Waals surface area contributed by atoms with Gasteiger partial charge in [-0.15, -0.1) is 0 Å². The second-order valence-corrected chi connectivity index (χ2v) is 6.32. The van der Waals surface area contributed by atoms with Gasteiger partial charge >= 0.3 is 0 Å². The van der Waals surface area contributed by atoms with E-state index in [1.54, 1.807) is 14.2 Å². The van der Waals surface area contributed by atoms with Crippen LogP contribution in [-0.2, 0) is 0 Å². The third kappa shape index (κ3) is 3.00. The number of anilines is 1. The molecular weight excluding hydrogens is 376 g/mol. The second kappa shape index (κ2) is 7.31. The van der Waals surface area contributed by atoms with Crippen LogP contribution in [0.15, 0.2) is 36.5 Å². The number of hydrogen-bond acceptors (Lipinski definition) is 6. The lowest BCUT2D eigenvalue weighted by Crippen LogP contribution is -3.00. The molecule has 0 saturated carbocycles. The lowest BCUT2D eigenvalue weighted by atomic mass is 10.0. The number of rotatable bonds is 4. The minimum Gasteiger partial charge on any atom is -1.00 e. The lowest BCUT2D eigenvalue weighted by molar-refractivity contribution is -0.288. The lowest BCUT2D eigenvalue weighted by Gasteiger charge is -2.09. The summed E-state index contributed by atoms with van der Waals surface area (Å²) < 4.78 is 24.9. The Morgan fingerprint density at radius 1 is 1.04 bits per heavy atom. The predicted octanol–water partition coefficient (Wildman–Crippen LogP) is 0.228. The van der Waals surface area contributed by atoms with Gasteiger partial charge in [0.05, 0.1) is 25.5 Å². The second-order valence-electron chi connectivity index (χ2n) is 5.48. The van der Waals surface area contributed by atoms with Crippen molar-refractivity contribution < 1.29 is 35.7 Å². The number of fused-ring (bicyclic) bond motifs is 1. The average Bonchev–Trinajstić information content (AvgIpc) is 3.29. The third-order valence-corrected chi connectivity index (χ3v) is 4.97. The molecule has 3 aromatic rings. The number of hydrogen-bond donors (Lipinski definition) is 1.